The summed E-state index contributed by atoms with van der Waals surface area (Å²) in [6.45, 7) is 1.96. The molecule has 0 aromatic carbocycles. The molecule has 1 atom stereocenters. The highest BCUT2D eigenvalue weighted by Crippen LogP contribution is 1.86. The third kappa shape index (κ3) is 5.50. The van der Waals surface area contributed by atoms with Crippen molar-refractivity contribution in [1.82, 2.24) is 5.32 Å². The Bertz CT molecular complexity index is 194. The third-order valence-corrected chi connectivity index (χ3v) is 1.40. The van der Waals surface area contributed by atoms with Crippen LogP contribution in [0.1, 0.15) is 6.92 Å². The highest BCUT2D eigenvalue weighted by Gasteiger charge is 2.19. The molecule has 0 radical (unpaired) electrons. The number of aliphatic carboxylic acids is 1. The molecule has 6 heteroatoms. The van der Waals surface area contributed by atoms with E-state index in [0.717, 1.165) is 0 Å². The molecule has 2 N–H and O–H groups in total. The molecule has 0 fully saturated rings. The molecule has 0 aromatic rings. The van der Waals surface area contributed by atoms with Crippen LogP contribution in [0.3, 0.4) is 0 Å². The molecule has 0 saturated heterocycles. The van der Waals surface area contributed by atoms with Gasteiger partial charge in [-0.05, 0) is 6.92 Å². The van der Waals surface area contributed by atoms with Crippen LogP contribution in [0.25, 0.3) is 0 Å². The summed E-state index contributed by atoms with van der Waals surface area (Å²) in [6.07, 6.45) is 0. The van der Waals surface area contributed by atoms with E-state index in [1.54, 1.807) is 6.92 Å². The van der Waals surface area contributed by atoms with Crippen LogP contribution < -0.4 is 5.32 Å². The van der Waals surface area contributed by atoms with E-state index in [-0.39, 0.29) is 13.2 Å². The van der Waals surface area contributed by atoms with Gasteiger partial charge in [-0.1, -0.05) is 0 Å². The van der Waals surface area contributed by atoms with Gasteiger partial charge in [-0.15, -0.1) is 0 Å². The first-order chi connectivity index (χ1) is 6.61. The monoisotopic (exact) mass is 205 g/mol. The van der Waals surface area contributed by atoms with E-state index >= 15 is 0 Å². The Balaban J connectivity index is 3.90. The smallest absolute Gasteiger partial charge is 0.328 e. The Morgan fingerprint density at radius 2 is 2.14 bits per heavy atom. The molecule has 82 valence electrons. The van der Waals surface area contributed by atoms with Crippen LogP contribution in [-0.2, 0) is 19.1 Å². The molecule has 0 rings (SSSR count). The summed E-state index contributed by atoms with van der Waals surface area (Å²) in [5.74, 6) is -1.59. The summed E-state index contributed by atoms with van der Waals surface area (Å²) in [5, 5.41) is 10.9. The molecule has 0 aromatic heterocycles. The van der Waals surface area contributed by atoms with Gasteiger partial charge in [0.25, 0.3) is 0 Å². The summed E-state index contributed by atoms with van der Waals surface area (Å²) < 4.78 is 9.44. The van der Waals surface area contributed by atoms with Gasteiger partial charge in [0.05, 0.1) is 6.61 Å². The van der Waals surface area contributed by atoms with Gasteiger partial charge in [0.1, 0.15) is 6.61 Å². The number of hydrogen-bond donors (Lipinski definition) is 2. The first kappa shape index (κ1) is 12.9. The maximum Gasteiger partial charge on any atom is 0.328 e. The van der Waals surface area contributed by atoms with Crippen molar-refractivity contribution in [3.63, 3.8) is 0 Å². The molecule has 0 saturated carbocycles. The number of hydrogen-bond acceptors (Lipinski definition) is 4. The average molecular weight is 205 g/mol. The molecule has 0 aliphatic carbocycles. The molecule has 0 aliphatic rings. The van der Waals surface area contributed by atoms with Crippen LogP contribution in [-0.4, -0.2) is 50.0 Å². The maximum atomic E-state index is 11.0. The molecule has 0 bridgehead atoms. The van der Waals surface area contributed by atoms with Crippen LogP contribution in [0.5, 0.6) is 0 Å². The average Bonchev–Trinajstić information content (AvgIpc) is 2.14. The standard InChI is InChI=1S/C8H15NO5/c1-3-14-5-7(10)9-6(4-13-2)8(11)12/h6H,3-5H2,1-2H3,(H,9,10)(H,11,12). The molecule has 0 aliphatic heterocycles. The topological polar surface area (TPSA) is 84.9 Å². The van der Waals surface area contributed by atoms with Crippen molar-refractivity contribution in [1.29, 1.82) is 0 Å². The van der Waals surface area contributed by atoms with Crippen molar-refractivity contribution in [3.8, 4) is 0 Å². The molecular weight excluding hydrogens is 190 g/mol. The van der Waals surface area contributed by atoms with Crippen LogP contribution in [0.15, 0.2) is 0 Å². The second kappa shape index (κ2) is 7.28. The highest BCUT2D eigenvalue weighted by atomic mass is 16.5. The van der Waals surface area contributed by atoms with E-state index in [1.165, 1.54) is 7.11 Å². The van der Waals surface area contributed by atoms with Crippen molar-refractivity contribution < 1.29 is 24.2 Å². The van der Waals surface area contributed by atoms with E-state index < -0.39 is 17.9 Å². The lowest BCUT2D eigenvalue weighted by atomic mass is 10.3. The molecule has 14 heavy (non-hydrogen) atoms. The van der Waals surface area contributed by atoms with Gasteiger partial charge in [0, 0.05) is 13.7 Å². The van der Waals surface area contributed by atoms with Gasteiger partial charge in [-0.3, -0.25) is 4.79 Å². The fourth-order valence-electron chi connectivity index (χ4n) is 0.772. The summed E-state index contributed by atoms with van der Waals surface area (Å²) in [7, 11) is 1.37. The SMILES string of the molecule is CCOCC(=O)NC(COC)C(=O)O. The van der Waals surface area contributed by atoms with E-state index in [9.17, 15) is 9.59 Å². The lowest BCUT2D eigenvalue weighted by Gasteiger charge is -2.12. The Morgan fingerprint density at radius 3 is 2.57 bits per heavy atom. The maximum absolute atomic E-state index is 11.0. The number of methoxy groups -OCH3 is 1. The number of ether oxygens (including phenoxy) is 2. The minimum Gasteiger partial charge on any atom is -0.480 e. The fourth-order valence-corrected chi connectivity index (χ4v) is 0.772. The number of rotatable bonds is 7. The minimum atomic E-state index is -1.13. The summed E-state index contributed by atoms with van der Waals surface area (Å²) in [4.78, 5) is 21.6. The zero-order chi connectivity index (χ0) is 11.0. The summed E-state index contributed by atoms with van der Waals surface area (Å²) >= 11 is 0. The van der Waals surface area contributed by atoms with Gasteiger partial charge in [0.15, 0.2) is 6.04 Å². The van der Waals surface area contributed by atoms with Crippen LogP contribution in [0.4, 0.5) is 0 Å². The number of carbonyl (C=O) groups is 2. The van der Waals surface area contributed by atoms with Crippen LogP contribution in [0, 0.1) is 0 Å². The Kier molecular flexibility index (Phi) is 6.69. The van der Waals surface area contributed by atoms with Gasteiger partial charge in [-0.25, -0.2) is 4.79 Å². The van der Waals surface area contributed by atoms with Crippen molar-refractivity contribution in [2.75, 3.05) is 26.9 Å². The lowest BCUT2D eigenvalue weighted by molar-refractivity contribution is -0.144. The van der Waals surface area contributed by atoms with E-state index in [0.29, 0.717) is 6.61 Å². The van der Waals surface area contributed by atoms with Gasteiger partial charge >= 0.3 is 5.97 Å². The van der Waals surface area contributed by atoms with Crippen LogP contribution >= 0.6 is 0 Å². The zero-order valence-electron chi connectivity index (χ0n) is 8.28. The molecule has 1 amide bonds. The van der Waals surface area contributed by atoms with Gasteiger partial charge in [0.2, 0.25) is 5.91 Å². The molecule has 0 heterocycles. The second-order valence-corrected chi connectivity index (χ2v) is 2.55. The fraction of sp³-hybridized carbons (Fsp3) is 0.750. The second-order valence-electron chi connectivity index (χ2n) is 2.55. The van der Waals surface area contributed by atoms with Gasteiger partial charge < -0.3 is 19.9 Å². The van der Waals surface area contributed by atoms with E-state index in [4.69, 9.17) is 9.84 Å². The number of carboxylic acids is 1. The Hall–Kier alpha value is -1.14. The minimum absolute atomic E-state index is 0.0623. The predicted molar refractivity (Wildman–Crippen MR) is 47.9 cm³/mol. The number of carbonyl (C=O) groups excluding carboxylic acids is 1. The van der Waals surface area contributed by atoms with Crippen molar-refractivity contribution in [2.45, 2.75) is 13.0 Å². The van der Waals surface area contributed by atoms with E-state index in [2.05, 4.69) is 10.1 Å². The van der Waals surface area contributed by atoms with E-state index in [1.807, 2.05) is 0 Å². The highest BCUT2D eigenvalue weighted by molar-refractivity contribution is 5.84. The molecular formula is C8H15NO5. The number of nitrogens with one attached hydrogen (secondary N) is 1. The lowest BCUT2D eigenvalue weighted by Crippen LogP contribution is -2.45. The predicted octanol–water partition coefficient (Wildman–Crippen LogP) is -0.761. The first-order valence-corrected chi connectivity index (χ1v) is 4.20. The largest absolute Gasteiger partial charge is 0.480 e. The van der Waals surface area contributed by atoms with Crippen molar-refractivity contribution >= 4 is 11.9 Å². The zero-order valence-corrected chi connectivity index (χ0v) is 8.28. The van der Waals surface area contributed by atoms with Crippen molar-refractivity contribution in [3.05, 3.63) is 0 Å². The third-order valence-electron chi connectivity index (χ3n) is 1.40. The quantitative estimate of drug-likeness (QED) is 0.570. The Morgan fingerprint density at radius 1 is 1.50 bits per heavy atom. The number of amides is 1. The molecule has 0 spiro atoms. The Labute approximate surface area is 82.2 Å². The number of carboxylic acid groups (broad SMARTS) is 1. The normalized spacial score (nSPS) is 12.1. The molecule has 1 unspecified atom stereocenters. The summed E-state index contributed by atoms with van der Waals surface area (Å²) in [6, 6.07) is -1.02. The summed E-state index contributed by atoms with van der Waals surface area (Å²) in [5.41, 5.74) is 0. The molecule has 6 nitrogen and oxygen atoms in total. The van der Waals surface area contributed by atoms with Gasteiger partial charge in [-0.2, -0.15) is 0 Å². The van der Waals surface area contributed by atoms with Crippen molar-refractivity contribution in [2.24, 2.45) is 0 Å². The van der Waals surface area contributed by atoms with Crippen LogP contribution in [0.2, 0.25) is 0 Å². The first-order valence-electron chi connectivity index (χ1n) is 4.20.